The number of nitrogens with one attached hydrogen (secondary N) is 1. The Balaban J connectivity index is 1.63. The van der Waals surface area contributed by atoms with Crippen LogP contribution in [0.1, 0.15) is 43.5 Å². The van der Waals surface area contributed by atoms with Crippen LogP contribution in [0.15, 0.2) is 48.8 Å². The number of fused-ring (bicyclic) bond motifs is 3. The van der Waals surface area contributed by atoms with Crippen molar-refractivity contribution in [1.82, 2.24) is 19.5 Å². The van der Waals surface area contributed by atoms with Gasteiger partial charge in [0, 0.05) is 29.9 Å². The average Bonchev–Trinajstić information content (AvgIpc) is 3.36. The Bertz CT molecular complexity index is 1580. The van der Waals surface area contributed by atoms with Crippen LogP contribution in [0.2, 0.25) is 0 Å². The van der Waals surface area contributed by atoms with Gasteiger partial charge in [-0.3, -0.25) is 4.72 Å². The molecule has 0 spiro atoms. The molecule has 3 heterocycles. The Morgan fingerprint density at radius 2 is 1.89 bits per heavy atom. The summed E-state index contributed by atoms with van der Waals surface area (Å²) in [6.07, 6.45) is 5.54. The summed E-state index contributed by atoms with van der Waals surface area (Å²) >= 11 is 0. The van der Waals surface area contributed by atoms with E-state index in [-0.39, 0.29) is 11.4 Å². The molecule has 0 aliphatic carbocycles. The van der Waals surface area contributed by atoms with Crippen molar-refractivity contribution >= 4 is 26.7 Å². The summed E-state index contributed by atoms with van der Waals surface area (Å²) in [6, 6.07) is 9.68. The number of alkyl halides is 2. The topological polar surface area (TPSA) is 125 Å². The molecule has 1 aliphatic rings. The number of halogens is 2. The lowest BCUT2D eigenvalue weighted by Gasteiger charge is -2.22. The molecule has 0 fully saturated rings. The highest BCUT2D eigenvalue weighted by Gasteiger charge is 2.32. The Labute approximate surface area is 212 Å². The smallest absolute Gasteiger partial charge is 0.387 e. The Hall–Kier alpha value is -3.64. The van der Waals surface area contributed by atoms with Crippen LogP contribution in [-0.2, 0) is 22.0 Å². The van der Waals surface area contributed by atoms with E-state index in [0.717, 1.165) is 34.2 Å². The molecule has 2 aromatic carbocycles. The fourth-order valence-electron chi connectivity index (χ4n) is 4.70. The van der Waals surface area contributed by atoms with Gasteiger partial charge in [-0.15, -0.1) is 0 Å². The van der Waals surface area contributed by atoms with Crippen LogP contribution < -0.4 is 15.2 Å². The number of nitrogens with two attached hydrogens (primary N) is 1. The summed E-state index contributed by atoms with van der Waals surface area (Å²) in [5.41, 5.74) is 9.06. The number of hydrogen-bond donors (Lipinski definition) is 2. The third-order valence-corrected chi connectivity index (χ3v) is 6.78. The Morgan fingerprint density at radius 1 is 1.16 bits per heavy atom. The Kier molecular flexibility index (Phi) is 6.11. The summed E-state index contributed by atoms with van der Waals surface area (Å²) in [6.45, 7) is 0.583. The molecule has 0 bridgehead atoms. The minimum Gasteiger partial charge on any atom is -0.434 e. The number of aromatic nitrogens is 4. The molecule has 5 rings (SSSR count). The first-order chi connectivity index (χ1) is 17.4. The number of ether oxygens (including phenoxy) is 1. The van der Waals surface area contributed by atoms with Crippen molar-refractivity contribution in [3.8, 4) is 16.9 Å². The molecule has 37 heavy (non-hydrogen) atoms. The molecule has 1 aliphatic heterocycles. The van der Waals surface area contributed by atoms with Gasteiger partial charge in [0.05, 0.1) is 34.6 Å². The van der Waals surface area contributed by atoms with Gasteiger partial charge < -0.3 is 15.0 Å². The molecule has 0 unspecified atom stereocenters. The third-order valence-electron chi connectivity index (χ3n) is 6.19. The van der Waals surface area contributed by atoms with Crippen LogP contribution in [0.5, 0.6) is 5.75 Å². The van der Waals surface area contributed by atoms with Crippen LogP contribution in [0.25, 0.3) is 22.2 Å². The van der Waals surface area contributed by atoms with Crippen LogP contribution in [0, 0.1) is 0 Å². The highest BCUT2D eigenvalue weighted by Crippen LogP contribution is 2.44. The van der Waals surface area contributed by atoms with E-state index in [1.165, 1.54) is 18.2 Å². The van der Waals surface area contributed by atoms with Crippen LogP contribution in [-0.4, -0.2) is 40.8 Å². The fourth-order valence-corrected chi connectivity index (χ4v) is 5.28. The zero-order chi connectivity index (χ0) is 26.5. The maximum atomic E-state index is 13.3. The standard InChI is InChI=1S/C25H26F2N6O3S/c1-25(2,28)23-29-12-15(13-30-23)14-7-8-16-19(11-14)33-18(9-10-21(33)31-16)22-17(32-37(3,34)35)5-4-6-20(22)36-24(26)27/h4-8,11-13,18,24,32H,9-10,28H2,1-3H3/t18-/m1/s1. The maximum absolute atomic E-state index is 13.3. The predicted octanol–water partition coefficient (Wildman–Crippen LogP) is 4.20. The van der Waals surface area contributed by atoms with E-state index in [9.17, 15) is 17.2 Å². The van der Waals surface area contributed by atoms with E-state index in [0.29, 0.717) is 24.2 Å². The van der Waals surface area contributed by atoms with Gasteiger partial charge in [0.25, 0.3) is 0 Å². The van der Waals surface area contributed by atoms with Gasteiger partial charge in [-0.05, 0) is 50.1 Å². The molecular formula is C25H26F2N6O3S. The minimum atomic E-state index is -3.68. The van der Waals surface area contributed by atoms with Gasteiger partial charge in [-0.25, -0.2) is 23.4 Å². The van der Waals surface area contributed by atoms with E-state index in [4.69, 9.17) is 15.5 Å². The number of anilines is 1. The second-order valence-corrected chi connectivity index (χ2v) is 11.4. The van der Waals surface area contributed by atoms with E-state index in [1.807, 2.05) is 36.6 Å². The lowest BCUT2D eigenvalue weighted by molar-refractivity contribution is -0.0506. The second kappa shape index (κ2) is 9.03. The molecule has 12 heteroatoms. The van der Waals surface area contributed by atoms with Gasteiger partial charge in [0.1, 0.15) is 17.4 Å². The van der Waals surface area contributed by atoms with Crippen LogP contribution >= 0.6 is 0 Å². The van der Waals surface area contributed by atoms with Gasteiger partial charge >= 0.3 is 6.61 Å². The molecule has 1 atom stereocenters. The second-order valence-electron chi connectivity index (χ2n) is 9.64. The highest BCUT2D eigenvalue weighted by molar-refractivity contribution is 7.92. The molecule has 0 radical (unpaired) electrons. The number of hydrogen-bond acceptors (Lipinski definition) is 7. The number of benzene rings is 2. The maximum Gasteiger partial charge on any atom is 0.387 e. The summed E-state index contributed by atoms with van der Waals surface area (Å²) in [5, 5.41) is 0. The molecule has 4 aromatic rings. The fraction of sp³-hybridized carbons (Fsp3) is 0.320. The summed E-state index contributed by atoms with van der Waals surface area (Å²) in [5.74, 6) is 1.20. The molecule has 0 saturated heterocycles. The van der Waals surface area contributed by atoms with E-state index in [1.54, 1.807) is 12.4 Å². The zero-order valence-electron chi connectivity index (χ0n) is 20.4. The van der Waals surface area contributed by atoms with Crippen molar-refractivity contribution in [2.24, 2.45) is 5.73 Å². The molecule has 3 N–H and O–H groups in total. The first-order valence-electron chi connectivity index (χ1n) is 11.6. The van der Waals surface area contributed by atoms with Gasteiger partial charge in [0.2, 0.25) is 10.0 Å². The average molecular weight is 529 g/mol. The van der Waals surface area contributed by atoms with Gasteiger partial charge in [-0.1, -0.05) is 12.1 Å². The number of aryl methyl sites for hydroxylation is 1. The molecule has 0 amide bonds. The van der Waals surface area contributed by atoms with Gasteiger partial charge in [0.15, 0.2) is 0 Å². The van der Waals surface area contributed by atoms with Crippen molar-refractivity contribution in [3.05, 3.63) is 66.0 Å². The van der Waals surface area contributed by atoms with Gasteiger partial charge in [-0.2, -0.15) is 8.78 Å². The first-order valence-corrected chi connectivity index (χ1v) is 13.5. The lowest BCUT2D eigenvalue weighted by atomic mass is 10.0. The van der Waals surface area contributed by atoms with E-state index >= 15 is 0 Å². The largest absolute Gasteiger partial charge is 0.434 e. The van der Waals surface area contributed by atoms with Crippen molar-refractivity contribution in [1.29, 1.82) is 0 Å². The number of imidazole rings is 1. The first kappa shape index (κ1) is 25.0. The van der Waals surface area contributed by atoms with E-state index in [2.05, 4.69) is 14.7 Å². The molecule has 2 aromatic heterocycles. The van der Waals surface area contributed by atoms with Crippen molar-refractivity contribution in [2.45, 2.75) is 44.9 Å². The number of rotatable bonds is 7. The minimum absolute atomic E-state index is 0.0899. The quantitative estimate of drug-likeness (QED) is 0.368. The van der Waals surface area contributed by atoms with Crippen LogP contribution in [0.3, 0.4) is 0 Å². The molecule has 0 saturated carbocycles. The lowest BCUT2D eigenvalue weighted by Crippen LogP contribution is -2.31. The van der Waals surface area contributed by atoms with Crippen LogP contribution in [0.4, 0.5) is 14.5 Å². The van der Waals surface area contributed by atoms with E-state index < -0.39 is 28.2 Å². The monoisotopic (exact) mass is 528 g/mol. The Morgan fingerprint density at radius 3 is 2.54 bits per heavy atom. The van der Waals surface area contributed by atoms with Crippen molar-refractivity contribution in [3.63, 3.8) is 0 Å². The molecule has 194 valence electrons. The highest BCUT2D eigenvalue weighted by atomic mass is 32.2. The summed E-state index contributed by atoms with van der Waals surface area (Å²) in [7, 11) is -3.68. The SMILES string of the molecule is CC(C)(N)c1ncc(-c2ccc3nc4n(c3c2)[C@@H](c2c(NS(C)(=O)=O)cccc2OC(F)F)CC4)cn1. The molecular weight excluding hydrogens is 502 g/mol. The third kappa shape index (κ3) is 4.98. The summed E-state index contributed by atoms with van der Waals surface area (Å²) < 4.78 is 59.9. The number of sulfonamides is 1. The predicted molar refractivity (Wildman–Crippen MR) is 136 cm³/mol. The normalized spacial score (nSPS) is 15.8. The number of nitrogens with zero attached hydrogens (tertiary/aromatic N) is 4. The van der Waals surface area contributed by atoms with Crippen molar-refractivity contribution in [2.75, 3.05) is 11.0 Å². The van der Waals surface area contributed by atoms with Crippen molar-refractivity contribution < 1.29 is 21.9 Å². The molecule has 9 nitrogen and oxygen atoms in total. The zero-order valence-corrected chi connectivity index (χ0v) is 21.3. The summed E-state index contributed by atoms with van der Waals surface area (Å²) in [4.78, 5) is 13.5.